The summed E-state index contributed by atoms with van der Waals surface area (Å²) in [7, 11) is 1.37. The van der Waals surface area contributed by atoms with Gasteiger partial charge in [-0.25, -0.2) is 13.2 Å². The summed E-state index contributed by atoms with van der Waals surface area (Å²) in [6, 6.07) is 4.07. The van der Waals surface area contributed by atoms with Crippen LogP contribution in [0, 0.1) is 5.92 Å². The molecule has 0 N–H and O–H groups in total. The van der Waals surface area contributed by atoms with Gasteiger partial charge >= 0.3 is 5.97 Å². The topological polar surface area (TPSA) is 69.7 Å². The summed E-state index contributed by atoms with van der Waals surface area (Å²) in [6.07, 6.45) is 3.23. The highest BCUT2D eigenvalue weighted by Crippen LogP contribution is 2.32. The van der Waals surface area contributed by atoms with Gasteiger partial charge in [-0.05, 0) is 37.5 Å². The van der Waals surface area contributed by atoms with E-state index < -0.39 is 15.0 Å². The molecule has 1 saturated carbocycles. The summed E-state index contributed by atoms with van der Waals surface area (Å²) >= 11 is 0. The SMILES string of the molecule is CCOc1ccc(C(=O)OCCC2CC2)cc1S(=O)(=O)Cl. The number of esters is 1. The highest BCUT2D eigenvalue weighted by molar-refractivity contribution is 8.13. The molecule has 0 aromatic heterocycles. The largest absolute Gasteiger partial charge is 0.492 e. The standard InChI is InChI=1S/C14H17ClO5S/c1-2-19-12-6-5-11(9-13(12)21(15,17)18)14(16)20-8-7-10-3-4-10/h5-6,9-10H,2-4,7-8H2,1H3. The van der Waals surface area contributed by atoms with E-state index in [0.717, 1.165) is 6.42 Å². The highest BCUT2D eigenvalue weighted by atomic mass is 35.7. The van der Waals surface area contributed by atoms with Crippen molar-refractivity contribution in [3.63, 3.8) is 0 Å². The minimum atomic E-state index is -4.00. The quantitative estimate of drug-likeness (QED) is 0.567. The van der Waals surface area contributed by atoms with Crippen molar-refractivity contribution in [3.05, 3.63) is 23.8 Å². The van der Waals surface area contributed by atoms with Gasteiger partial charge in [0, 0.05) is 10.7 Å². The molecule has 5 nitrogen and oxygen atoms in total. The molecule has 0 radical (unpaired) electrons. The van der Waals surface area contributed by atoms with Gasteiger partial charge in [0.25, 0.3) is 9.05 Å². The average molecular weight is 333 g/mol. The molecule has 2 rings (SSSR count). The van der Waals surface area contributed by atoms with Gasteiger partial charge in [0.05, 0.1) is 18.8 Å². The molecular formula is C14H17ClO5S. The zero-order valence-electron chi connectivity index (χ0n) is 11.7. The minimum Gasteiger partial charge on any atom is -0.492 e. The third kappa shape index (κ3) is 4.61. The first-order valence-corrected chi connectivity index (χ1v) is 9.11. The second kappa shape index (κ2) is 6.66. The summed E-state index contributed by atoms with van der Waals surface area (Å²) in [4.78, 5) is 11.7. The van der Waals surface area contributed by atoms with E-state index in [-0.39, 0.29) is 16.2 Å². The molecule has 1 aliphatic carbocycles. The maximum absolute atomic E-state index is 11.9. The third-order valence-corrected chi connectivity index (χ3v) is 4.54. The number of halogens is 1. The van der Waals surface area contributed by atoms with Crippen molar-refractivity contribution in [3.8, 4) is 5.75 Å². The van der Waals surface area contributed by atoms with E-state index >= 15 is 0 Å². The van der Waals surface area contributed by atoms with E-state index in [0.29, 0.717) is 19.1 Å². The van der Waals surface area contributed by atoms with Crippen LogP contribution < -0.4 is 4.74 Å². The molecule has 1 aromatic rings. The fourth-order valence-corrected chi connectivity index (χ4v) is 2.91. The van der Waals surface area contributed by atoms with Crippen LogP contribution in [-0.2, 0) is 13.8 Å². The first kappa shape index (κ1) is 16.1. The van der Waals surface area contributed by atoms with E-state index in [1.54, 1.807) is 6.92 Å². The molecule has 0 spiro atoms. The van der Waals surface area contributed by atoms with Crippen LogP contribution in [0.1, 0.15) is 36.5 Å². The lowest BCUT2D eigenvalue weighted by atomic mass is 10.2. The van der Waals surface area contributed by atoms with Crippen LogP contribution in [0.3, 0.4) is 0 Å². The Bertz CT molecular complexity index is 622. The molecule has 0 bridgehead atoms. The van der Waals surface area contributed by atoms with Gasteiger partial charge in [0.2, 0.25) is 0 Å². The molecule has 0 saturated heterocycles. The van der Waals surface area contributed by atoms with Crippen LogP contribution in [0.4, 0.5) is 0 Å². The van der Waals surface area contributed by atoms with Gasteiger partial charge in [0.1, 0.15) is 10.6 Å². The molecule has 1 aromatic carbocycles. The Balaban J connectivity index is 2.13. The van der Waals surface area contributed by atoms with Gasteiger partial charge in [-0.15, -0.1) is 0 Å². The lowest BCUT2D eigenvalue weighted by molar-refractivity contribution is 0.0494. The van der Waals surface area contributed by atoms with E-state index in [2.05, 4.69) is 0 Å². The van der Waals surface area contributed by atoms with E-state index in [1.165, 1.54) is 31.0 Å². The summed E-state index contributed by atoms with van der Waals surface area (Å²) in [5.74, 6) is 0.235. The summed E-state index contributed by atoms with van der Waals surface area (Å²) in [6.45, 7) is 2.37. The molecule has 21 heavy (non-hydrogen) atoms. The number of carbonyl (C=O) groups is 1. The summed E-state index contributed by atoms with van der Waals surface area (Å²) < 4.78 is 33.4. The zero-order chi connectivity index (χ0) is 15.5. The number of hydrogen-bond donors (Lipinski definition) is 0. The van der Waals surface area contributed by atoms with E-state index in [1.807, 2.05) is 0 Å². The molecule has 0 atom stereocenters. The van der Waals surface area contributed by atoms with Gasteiger partial charge in [0.15, 0.2) is 0 Å². The van der Waals surface area contributed by atoms with Crippen molar-refractivity contribution >= 4 is 25.7 Å². The Morgan fingerprint density at radius 1 is 1.38 bits per heavy atom. The Labute approximate surface area is 128 Å². The summed E-state index contributed by atoms with van der Waals surface area (Å²) in [5.41, 5.74) is 0.147. The number of carbonyl (C=O) groups excluding carboxylic acids is 1. The predicted octanol–water partition coefficient (Wildman–Crippen LogP) is 2.97. The second-order valence-corrected chi connectivity index (χ2v) is 7.43. The van der Waals surface area contributed by atoms with E-state index in [9.17, 15) is 13.2 Å². The average Bonchev–Trinajstić information content (AvgIpc) is 3.22. The normalized spacial score (nSPS) is 14.8. The smallest absolute Gasteiger partial charge is 0.338 e. The van der Waals surface area contributed by atoms with Crippen LogP contribution in [0.15, 0.2) is 23.1 Å². The molecule has 116 valence electrons. The molecule has 7 heteroatoms. The monoisotopic (exact) mass is 332 g/mol. The number of benzene rings is 1. The predicted molar refractivity (Wildman–Crippen MR) is 78.3 cm³/mol. The lowest BCUT2D eigenvalue weighted by Gasteiger charge is -2.10. The fraction of sp³-hybridized carbons (Fsp3) is 0.500. The van der Waals surface area contributed by atoms with E-state index in [4.69, 9.17) is 20.2 Å². The van der Waals surface area contributed by atoms with Crippen LogP contribution >= 0.6 is 10.7 Å². The van der Waals surface area contributed by atoms with Crippen molar-refractivity contribution in [2.45, 2.75) is 31.1 Å². The number of rotatable bonds is 7. The van der Waals surface area contributed by atoms with Gasteiger partial charge in [-0.1, -0.05) is 12.8 Å². The van der Waals surface area contributed by atoms with Crippen LogP contribution in [0.5, 0.6) is 5.75 Å². The molecule has 0 unspecified atom stereocenters. The van der Waals surface area contributed by atoms with Crippen LogP contribution in [0.25, 0.3) is 0 Å². The first-order chi connectivity index (χ1) is 9.91. The Kier molecular flexibility index (Phi) is 5.11. The molecule has 0 heterocycles. The Hall–Kier alpha value is -1.27. The minimum absolute atomic E-state index is 0.127. The van der Waals surface area contributed by atoms with Crippen LogP contribution in [0.2, 0.25) is 0 Å². The van der Waals surface area contributed by atoms with Gasteiger partial charge < -0.3 is 9.47 Å². The Morgan fingerprint density at radius 3 is 2.67 bits per heavy atom. The molecule has 0 amide bonds. The van der Waals surface area contributed by atoms with Crippen LogP contribution in [-0.4, -0.2) is 27.6 Å². The fourth-order valence-electron chi connectivity index (χ4n) is 1.91. The molecular weight excluding hydrogens is 316 g/mol. The highest BCUT2D eigenvalue weighted by Gasteiger charge is 2.23. The number of ether oxygens (including phenoxy) is 2. The van der Waals surface area contributed by atoms with Crippen molar-refractivity contribution in [2.75, 3.05) is 13.2 Å². The molecule has 1 fully saturated rings. The second-order valence-electron chi connectivity index (χ2n) is 4.90. The van der Waals surface area contributed by atoms with Gasteiger partial charge in [-0.2, -0.15) is 0 Å². The maximum Gasteiger partial charge on any atom is 0.338 e. The van der Waals surface area contributed by atoms with Crippen molar-refractivity contribution in [1.29, 1.82) is 0 Å². The van der Waals surface area contributed by atoms with Crippen molar-refractivity contribution in [1.82, 2.24) is 0 Å². The zero-order valence-corrected chi connectivity index (χ0v) is 13.2. The van der Waals surface area contributed by atoms with Crippen molar-refractivity contribution in [2.24, 2.45) is 5.92 Å². The molecule has 1 aliphatic rings. The molecule has 0 aliphatic heterocycles. The van der Waals surface area contributed by atoms with Crippen molar-refractivity contribution < 1.29 is 22.7 Å². The summed E-state index contributed by atoms with van der Waals surface area (Å²) in [5, 5.41) is 0. The Morgan fingerprint density at radius 2 is 2.10 bits per heavy atom. The van der Waals surface area contributed by atoms with Gasteiger partial charge in [-0.3, -0.25) is 0 Å². The third-order valence-electron chi connectivity index (χ3n) is 3.20. The number of hydrogen-bond acceptors (Lipinski definition) is 5. The lowest BCUT2D eigenvalue weighted by Crippen LogP contribution is -2.09. The maximum atomic E-state index is 11.9. The first-order valence-electron chi connectivity index (χ1n) is 6.80.